The lowest BCUT2D eigenvalue weighted by Gasteiger charge is -2.49. The first kappa shape index (κ1) is 14.5. The molecule has 0 amide bonds. The van der Waals surface area contributed by atoms with Crippen LogP contribution in [0.5, 0.6) is 0 Å². The number of halogens is 1. The maximum Gasteiger partial charge on any atom is 0.239 e. The predicted molar refractivity (Wildman–Crippen MR) is 81.1 cm³/mol. The third-order valence-corrected chi connectivity index (χ3v) is 4.54. The average molecular weight is 329 g/mol. The molecule has 1 fully saturated rings. The van der Waals surface area contributed by atoms with Crippen molar-refractivity contribution < 1.29 is 0 Å². The standard InChI is InChI=1S/C12H21BrN6/c1-18(2)12(5-4-6-12)8-19(3)10-9(13)7-15-11(16-10)17-14/h7H,4-6,8,14H2,1-3H3,(H,15,16,17). The fourth-order valence-electron chi connectivity index (χ4n) is 2.54. The van der Waals surface area contributed by atoms with Gasteiger partial charge in [0.15, 0.2) is 0 Å². The van der Waals surface area contributed by atoms with E-state index in [1.807, 2.05) is 0 Å². The maximum absolute atomic E-state index is 5.36. The average Bonchev–Trinajstić information content (AvgIpc) is 2.33. The van der Waals surface area contributed by atoms with E-state index >= 15 is 0 Å². The number of hydrogen-bond acceptors (Lipinski definition) is 6. The number of hydrazine groups is 1. The SMILES string of the molecule is CN(CC1(N(C)C)CCC1)c1nc(NN)ncc1Br. The highest BCUT2D eigenvalue weighted by Crippen LogP contribution is 2.38. The smallest absolute Gasteiger partial charge is 0.239 e. The number of likely N-dealkylation sites (N-methyl/N-ethyl adjacent to an activating group) is 2. The Morgan fingerprint density at radius 1 is 1.42 bits per heavy atom. The summed E-state index contributed by atoms with van der Waals surface area (Å²) in [5.41, 5.74) is 2.74. The van der Waals surface area contributed by atoms with E-state index in [9.17, 15) is 0 Å². The molecule has 19 heavy (non-hydrogen) atoms. The van der Waals surface area contributed by atoms with Gasteiger partial charge in [-0.1, -0.05) is 0 Å². The van der Waals surface area contributed by atoms with Crippen LogP contribution in [0.15, 0.2) is 10.7 Å². The summed E-state index contributed by atoms with van der Waals surface area (Å²) in [5.74, 6) is 6.65. The molecule has 0 unspecified atom stereocenters. The highest BCUT2D eigenvalue weighted by atomic mass is 79.9. The van der Waals surface area contributed by atoms with E-state index in [0.29, 0.717) is 5.95 Å². The lowest BCUT2D eigenvalue weighted by atomic mass is 9.75. The molecule has 1 heterocycles. The maximum atomic E-state index is 5.36. The highest BCUT2D eigenvalue weighted by Gasteiger charge is 2.40. The Bertz CT molecular complexity index is 446. The summed E-state index contributed by atoms with van der Waals surface area (Å²) in [6, 6.07) is 0. The van der Waals surface area contributed by atoms with Crippen molar-refractivity contribution in [2.24, 2.45) is 5.84 Å². The zero-order chi connectivity index (χ0) is 14.0. The van der Waals surface area contributed by atoms with Gasteiger partial charge in [-0.15, -0.1) is 0 Å². The van der Waals surface area contributed by atoms with E-state index < -0.39 is 0 Å². The third kappa shape index (κ3) is 2.82. The molecule has 0 radical (unpaired) electrons. The Labute approximate surface area is 122 Å². The lowest BCUT2D eigenvalue weighted by molar-refractivity contribution is 0.0681. The van der Waals surface area contributed by atoms with E-state index in [4.69, 9.17) is 5.84 Å². The molecule has 2 rings (SSSR count). The number of nitrogens with one attached hydrogen (secondary N) is 1. The Hall–Kier alpha value is -0.920. The van der Waals surface area contributed by atoms with Crippen molar-refractivity contribution in [1.29, 1.82) is 0 Å². The first-order chi connectivity index (χ1) is 8.98. The molecule has 0 spiro atoms. The fourth-order valence-corrected chi connectivity index (χ4v) is 3.04. The molecule has 3 N–H and O–H groups in total. The Morgan fingerprint density at radius 2 is 2.11 bits per heavy atom. The second-order valence-electron chi connectivity index (χ2n) is 5.34. The van der Waals surface area contributed by atoms with E-state index in [2.05, 4.69) is 62.3 Å². The first-order valence-corrected chi connectivity index (χ1v) is 7.15. The Kier molecular flexibility index (Phi) is 4.27. The van der Waals surface area contributed by atoms with Gasteiger partial charge < -0.3 is 9.80 Å². The van der Waals surface area contributed by atoms with E-state index in [1.165, 1.54) is 19.3 Å². The van der Waals surface area contributed by atoms with Crippen molar-refractivity contribution >= 4 is 27.7 Å². The summed E-state index contributed by atoms with van der Waals surface area (Å²) in [6.45, 7) is 0.944. The molecule has 0 saturated heterocycles. The van der Waals surface area contributed by atoms with Gasteiger partial charge in [0.25, 0.3) is 0 Å². The second-order valence-corrected chi connectivity index (χ2v) is 6.19. The molecule has 6 nitrogen and oxygen atoms in total. The van der Waals surface area contributed by atoms with Gasteiger partial charge in [0.1, 0.15) is 5.82 Å². The van der Waals surface area contributed by atoms with Crippen LogP contribution in [0.1, 0.15) is 19.3 Å². The number of nitrogens with zero attached hydrogens (tertiary/aromatic N) is 4. The fraction of sp³-hybridized carbons (Fsp3) is 0.667. The van der Waals surface area contributed by atoms with Gasteiger partial charge in [-0.2, -0.15) is 4.98 Å². The number of nitrogen functional groups attached to an aromatic ring is 1. The summed E-state index contributed by atoms with van der Waals surface area (Å²) < 4.78 is 0.877. The van der Waals surface area contributed by atoms with Gasteiger partial charge in [0.05, 0.1) is 4.47 Å². The Morgan fingerprint density at radius 3 is 2.58 bits per heavy atom. The second kappa shape index (κ2) is 5.60. The molecule has 1 aromatic rings. The summed E-state index contributed by atoms with van der Waals surface area (Å²) in [4.78, 5) is 13.0. The van der Waals surface area contributed by atoms with Crippen LogP contribution in [0.4, 0.5) is 11.8 Å². The molecule has 1 aliphatic rings. The van der Waals surface area contributed by atoms with Crippen molar-refractivity contribution in [3.63, 3.8) is 0 Å². The van der Waals surface area contributed by atoms with Crippen LogP contribution < -0.4 is 16.2 Å². The molecule has 0 atom stereocenters. The van der Waals surface area contributed by atoms with Crippen molar-refractivity contribution in [3.05, 3.63) is 10.7 Å². The van der Waals surface area contributed by atoms with Crippen LogP contribution in [0.2, 0.25) is 0 Å². The number of aromatic nitrogens is 2. The minimum absolute atomic E-state index is 0.259. The normalized spacial score (nSPS) is 17.2. The predicted octanol–water partition coefficient (Wildman–Crippen LogP) is 1.45. The van der Waals surface area contributed by atoms with Crippen LogP contribution in [0, 0.1) is 0 Å². The minimum atomic E-state index is 0.259. The molecule has 0 aliphatic heterocycles. The number of rotatable bonds is 5. The van der Waals surface area contributed by atoms with Crippen LogP contribution in [0.3, 0.4) is 0 Å². The molecule has 0 bridgehead atoms. The topological polar surface area (TPSA) is 70.3 Å². The molecular weight excluding hydrogens is 308 g/mol. The number of hydrogen-bond donors (Lipinski definition) is 2. The third-order valence-electron chi connectivity index (χ3n) is 3.98. The zero-order valence-corrected chi connectivity index (χ0v) is 13.2. The van der Waals surface area contributed by atoms with Gasteiger partial charge in [0, 0.05) is 25.3 Å². The molecule has 1 aliphatic carbocycles. The molecule has 1 saturated carbocycles. The van der Waals surface area contributed by atoms with Crippen LogP contribution in [-0.4, -0.2) is 48.1 Å². The monoisotopic (exact) mass is 328 g/mol. The Balaban J connectivity index is 2.17. The van der Waals surface area contributed by atoms with Gasteiger partial charge >= 0.3 is 0 Å². The number of nitrogens with two attached hydrogens (primary N) is 1. The summed E-state index contributed by atoms with van der Waals surface area (Å²) in [6.07, 6.45) is 5.48. The molecule has 1 aromatic heterocycles. The summed E-state index contributed by atoms with van der Waals surface area (Å²) in [7, 11) is 6.35. The van der Waals surface area contributed by atoms with Crippen LogP contribution in [0.25, 0.3) is 0 Å². The quantitative estimate of drug-likeness (QED) is 0.629. The highest BCUT2D eigenvalue weighted by molar-refractivity contribution is 9.10. The van der Waals surface area contributed by atoms with E-state index in [1.54, 1.807) is 6.20 Å². The van der Waals surface area contributed by atoms with Crippen molar-refractivity contribution in [1.82, 2.24) is 14.9 Å². The molecule has 0 aromatic carbocycles. The largest absolute Gasteiger partial charge is 0.357 e. The van der Waals surface area contributed by atoms with Gasteiger partial charge in [-0.3, -0.25) is 5.43 Å². The molecule has 106 valence electrons. The first-order valence-electron chi connectivity index (χ1n) is 6.36. The minimum Gasteiger partial charge on any atom is -0.357 e. The van der Waals surface area contributed by atoms with Gasteiger partial charge in [0.2, 0.25) is 5.95 Å². The van der Waals surface area contributed by atoms with Gasteiger partial charge in [-0.05, 0) is 49.3 Å². The van der Waals surface area contributed by atoms with Crippen molar-refractivity contribution in [2.45, 2.75) is 24.8 Å². The van der Waals surface area contributed by atoms with Crippen molar-refractivity contribution in [3.8, 4) is 0 Å². The summed E-state index contributed by atoms with van der Waals surface area (Å²) in [5, 5.41) is 0. The van der Waals surface area contributed by atoms with Crippen LogP contribution in [-0.2, 0) is 0 Å². The molecule has 7 heteroatoms. The summed E-state index contributed by atoms with van der Waals surface area (Å²) >= 11 is 3.50. The van der Waals surface area contributed by atoms with Crippen molar-refractivity contribution in [2.75, 3.05) is 38.0 Å². The van der Waals surface area contributed by atoms with Crippen LogP contribution >= 0.6 is 15.9 Å². The molecular formula is C12H21BrN6. The zero-order valence-electron chi connectivity index (χ0n) is 11.6. The van der Waals surface area contributed by atoms with E-state index in [0.717, 1.165) is 16.8 Å². The lowest BCUT2D eigenvalue weighted by Crippen LogP contribution is -2.56. The van der Waals surface area contributed by atoms with E-state index in [-0.39, 0.29) is 5.54 Å². The number of anilines is 2. The van der Waals surface area contributed by atoms with Gasteiger partial charge in [-0.25, -0.2) is 10.8 Å².